The Bertz CT molecular complexity index is 993. The third kappa shape index (κ3) is 6.25. The molecule has 2 aliphatic rings. The second kappa shape index (κ2) is 11.5. The Kier molecular flexibility index (Phi) is 7.96. The van der Waals surface area contributed by atoms with Gasteiger partial charge in [0.1, 0.15) is 0 Å². The van der Waals surface area contributed by atoms with Gasteiger partial charge in [-0.2, -0.15) is 0 Å². The Morgan fingerprint density at radius 3 is 2.06 bits per heavy atom. The molecule has 7 heteroatoms. The van der Waals surface area contributed by atoms with Crippen LogP contribution in [0.25, 0.3) is 6.08 Å². The Morgan fingerprint density at radius 2 is 1.41 bits per heavy atom. The summed E-state index contributed by atoms with van der Waals surface area (Å²) in [5.41, 5.74) is 2.15. The minimum absolute atomic E-state index is 0.0309. The van der Waals surface area contributed by atoms with Gasteiger partial charge in [0, 0.05) is 56.9 Å². The van der Waals surface area contributed by atoms with Gasteiger partial charge >= 0.3 is 0 Å². The van der Waals surface area contributed by atoms with Crippen molar-refractivity contribution >= 4 is 29.5 Å². The van der Waals surface area contributed by atoms with Crippen molar-refractivity contribution in [1.82, 2.24) is 15.1 Å². The fraction of sp³-hybridized carbons (Fsp3) is 0.370. The molecule has 2 aromatic rings. The molecule has 2 aliphatic heterocycles. The Morgan fingerprint density at radius 1 is 0.794 bits per heavy atom. The van der Waals surface area contributed by atoms with E-state index < -0.39 is 0 Å². The van der Waals surface area contributed by atoms with E-state index in [0.29, 0.717) is 39.0 Å². The van der Waals surface area contributed by atoms with Gasteiger partial charge in [0.05, 0.1) is 6.54 Å². The summed E-state index contributed by atoms with van der Waals surface area (Å²) in [7, 11) is 0. The molecule has 7 nitrogen and oxygen atoms in total. The maximum Gasteiger partial charge on any atom is 0.246 e. The highest BCUT2D eigenvalue weighted by Gasteiger charge is 2.27. The van der Waals surface area contributed by atoms with Gasteiger partial charge in [0.2, 0.25) is 17.7 Å². The second-order valence-electron chi connectivity index (χ2n) is 8.76. The first-order valence-corrected chi connectivity index (χ1v) is 12.0. The number of hydrogen-bond acceptors (Lipinski definition) is 4. The van der Waals surface area contributed by atoms with Crippen LogP contribution in [0, 0.1) is 5.92 Å². The van der Waals surface area contributed by atoms with Crippen molar-refractivity contribution in [2.45, 2.75) is 12.8 Å². The van der Waals surface area contributed by atoms with E-state index in [2.05, 4.69) is 22.3 Å². The number of likely N-dealkylation sites (tertiary alicyclic amines) is 1. The number of benzene rings is 2. The van der Waals surface area contributed by atoms with Crippen molar-refractivity contribution in [2.75, 3.05) is 50.7 Å². The number of carbonyl (C=O) groups is 3. The van der Waals surface area contributed by atoms with Gasteiger partial charge in [-0.3, -0.25) is 14.4 Å². The third-order valence-corrected chi connectivity index (χ3v) is 6.56. The molecule has 0 unspecified atom stereocenters. The fourth-order valence-electron chi connectivity index (χ4n) is 4.47. The Labute approximate surface area is 201 Å². The van der Waals surface area contributed by atoms with Crippen LogP contribution in [-0.4, -0.2) is 73.3 Å². The van der Waals surface area contributed by atoms with E-state index in [1.165, 1.54) is 5.69 Å². The lowest BCUT2D eigenvalue weighted by atomic mass is 9.96. The number of piperidine rings is 1. The molecule has 2 fully saturated rings. The number of amides is 3. The van der Waals surface area contributed by atoms with Gasteiger partial charge in [-0.05, 0) is 36.6 Å². The first-order chi connectivity index (χ1) is 16.6. The molecule has 4 rings (SSSR count). The molecule has 1 N–H and O–H groups in total. The fourth-order valence-corrected chi connectivity index (χ4v) is 4.47. The van der Waals surface area contributed by atoms with Crippen LogP contribution < -0.4 is 10.2 Å². The van der Waals surface area contributed by atoms with E-state index in [4.69, 9.17) is 0 Å². The molecule has 2 aromatic carbocycles. The largest absolute Gasteiger partial charge is 0.368 e. The summed E-state index contributed by atoms with van der Waals surface area (Å²) in [6, 6.07) is 19.9. The molecule has 0 spiro atoms. The molecule has 2 heterocycles. The number of nitrogens with zero attached hydrogens (tertiary/aromatic N) is 3. The number of rotatable bonds is 6. The molecule has 34 heavy (non-hydrogen) atoms. The van der Waals surface area contributed by atoms with Crippen LogP contribution in [0.3, 0.4) is 0 Å². The summed E-state index contributed by atoms with van der Waals surface area (Å²) in [5, 5.41) is 2.82. The summed E-state index contributed by atoms with van der Waals surface area (Å²) in [4.78, 5) is 43.5. The van der Waals surface area contributed by atoms with Crippen LogP contribution in [0.5, 0.6) is 0 Å². The normalized spacial score (nSPS) is 17.1. The summed E-state index contributed by atoms with van der Waals surface area (Å²) < 4.78 is 0. The first kappa shape index (κ1) is 23.5. The molecule has 178 valence electrons. The smallest absolute Gasteiger partial charge is 0.246 e. The van der Waals surface area contributed by atoms with Gasteiger partial charge in [-0.25, -0.2) is 0 Å². The van der Waals surface area contributed by atoms with Gasteiger partial charge in [0.25, 0.3) is 0 Å². The minimum Gasteiger partial charge on any atom is -0.368 e. The molecule has 0 aromatic heterocycles. The zero-order valence-electron chi connectivity index (χ0n) is 19.4. The summed E-state index contributed by atoms with van der Waals surface area (Å²) >= 11 is 0. The molecule has 0 aliphatic carbocycles. The van der Waals surface area contributed by atoms with Gasteiger partial charge in [0.15, 0.2) is 0 Å². The zero-order valence-corrected chi connectivity index (χ0v) is 19.4. The van der Waals surface area contributed by atoms with E-state index in [1.54, 1.807) is 11.0 Å². The molecule has 0 atom stereocenters. The third-order valence-electron chi connectivity index (χ3n) is 6.56. The van der Waals surface area contributed by atoms with E-state index >= 15 is 0 Å². The molecular formula is C27H32N4O3. The lowest BCUT2D eigenvalue weighted by Crippen LogP contribution is -2.52. The summed E-state index contributed by atoms with van der Waals surface area (Å²) in [5.74, 6) is -0.333. The minimum atomic E-state index is -0.162. The molecule has 0 radical (unpaired) electrons. The van der Waals surface area contributed by atoms with Gasteiger partial charge < -0.3 is 20.0 Å². The lowest BCUT2D eigenvalue weighted by molar-refractivity contribution is -0.135. The predicted octanol–water partition coefficient (Wildman–Crippen LogP) is 2.40. The van der Waals surface area contributed by atoms with Gasteiger partial charge in [-0.15, -0.1) is 0 Å². The van der Waals surface area contributed by atoms with E-state index in [-0.39, 0.29) is 30.2 Å². The molecular weight excluding hydrogens is 428 g/mol. The van der Waals surface area contributed by atoms with Gasteiger partial charge in [-0.1, -0.05) is 48.5 Å². The van der Waals surface area contributed by atoms with Crippen molar-refractivity contribution in [3.8, 4) is 0 Å². The van der Waals surface area contributed by atoms with Crippen molar-refractivity contribution in [3.05, 3.63) is 72.3 Å². The van der Waals surface area contributed by atoms with E-state index in [1.807, 2.05) is 59.5 Å². The zero-order chi connectivity index (χ0) is 23.8. The predicted molar refractivity (Wildman–Crippen MR) is 133 cm³/mol. The molecule has 0 bridgehead atoms. The number of carbonyl (C=O) groups excluding carboxylic acids is 3. The van der Waals surface area contributed by atoms with Crippen LogP contribution in [0.1, 0.15) is 18.4 Å². The number of nitrogens with one attached hydrogen (secondary N) is 1. The Balaban J connectivity index is 1.16. The summed E-state index contributed by atoms with van der Waals surface area (Å²) in [6.45, 7) is 4.00. The monoisotopic (exact) mass is 460 g/mol. The maximum atomic E-state index is 12.6. The first-order valence-electron chi connectivity index (χ1n) is 12.0. The topological polar surface area (TPSA) is 73.0 Å². The van der Waals surface area contributed by atoms with Crippen molar-refractivity contribution in [3.63, 3.8) is 0 Å². The van der Waals surface area contributed by atoms with Crippen molar-refractivity contribution < 1.29 is 14.4 Å². The SMILES string of the molecule is O=C(NCC(=O)N1CCN(c2ccccc2)CC1)C1CCN(C(=O)/C=C/c2ccccc2)CC1. The molecule has 2 saturated heterocycles. The van der Waals surface area contributed by atoms with Crippen LogP contribution in [0.15, 0.2) is 66.7 Å². The average Bonchev–Trinajstić information content (AvgIpc) is 2.91. The highest BCUT2D eigenvalue weighted by Crippen LogP contribution is 2.18. The van der Waals surface area contributed by atoms with Crippen molar-refractivity contribution in [2.24, 2.45) is 5.92 Å². The van der Waals surface area contributed by atoms with Crippen LogP contribution in [0.2, 0.25) is 0 Å². The molecule has 0 saturated carbocycles. The lowest BCUT2D eigenvalue weighted by Gasteiger charge is -2.36. The van der Waals surface area contributed by atoms with Crippen LogP contribution >= 0.6 is 0 Å². The highest BCUT2D eigenvalue weighted by atomic mass is 16.2. The van der Waals surface area contributed by atoms with E-state index in [9.17, 15) is 14.4 Å². The number of anilines is 1. The number of para-hydroxylation sites is 1. The number of piperazine rings is 1. The van der Waals surface area contributed by atoms with E-state index in [0.717, 1.165) is 18.7 Å². The van der Waals surface area contributed by atoms with Crippen molar-refractivity contribution in [1.29, 1.82) is 0 Å². The summed E-state index contributed by atoms with van der Waals surface area (Å²) in [6.07, 6.45) is 4.62. The second-order valence-corrected chi connectivity index (χ2v) is 8.76. The molecule has 3 amide bonds. The standard InChI is InChI=1S/C27H32N4O3/c32-25(12-11-22-7-3-1-4-8-22)30-15-13-23(14-16-30)27(34)28-21-26(33)31-19-17-29(18-20-31)24-9-5-2-6-10-24/h1-12,23H,13-21H2,(H,28,34)/b12-11+. The Hall–Kier alpha value is -3.61. The number of hydrogen-bond donors (Lipinski definition) is 1. The van der Waals surface area contributed by atoms with Crippen LogP contribution in [0.4, 0.5) is 5.69 Å². The quantitative estimate of drug-likeness (QED) is 0.672. The van der Waals surface area contributed by atoms with Crippen LogP contribution in [-0.2, 0) is 14.4 Å². The average molecular weight is 461 g/mol. The highest BCUT2D eigenvalue weighted by molar-refractivity contribution is 5.92. The maximum absolute atomic E-state index is 12.6.